The van der Waals surface area contributed by atoms with Crippen LogP contribution < -0.4 is 10.3 Å². The highest BCUT2D eigenvalue weighted by Gasteiger charge is 2.00. The van der Waals surface area contributed by atoms with E-state index in [-0.39, 0.29) is 5.56 Å². The summed E-state index contributed by atoms with van der Waals surface area (Å²) in [5.41, 5.74) is 1.59. The molecule has 0 aliphatic carbocycles. The number of unbranched alkanes of at least 4 members (excludes halogenated alkanes) is 1. The SMILES string of the molecule is CCCCOc1ccc(C=Cc2nc3ccccc3c(=O)[nH]2)cc1. The Bertz CT molecular complexity index is 895. The van der Waals surface area contributed by atoms with Gasteiger partial charge in [-0.3, -0.25) is 4.79 Å². The summed E-state index contributed by atoms with van der Waals surface area (Å²) in [6, 6.07) is 15.2. The normalized spacial score (nSPS) is 11.2. The molecule has 1 N–H and O–H groups in total. The molecule has 4 heteroatoms. The van der Waals surface area contributed by atoms with Gasteiger partial charge in [-0.1, -0.05) is 43.7 Å². The van der Waals surface area contributed by atoms with E-state index in [9.17, 15) is 4.79 Å². The zero-order valence-electron chi connectivity index (χ0n) is 13.7. The molecule has 0 radical (unpaired) electrons. The van der Waals surface area contributed by atoms with Crippen molar-refractivity contribution in [2.24, 2.45) is 0 Å². The molecule has 3 aromatic rings. The van der Waals surface area contributed by atoms with E-state index in [2.05, 4.69) is 16.9 Å². The number of H-pyrrole nitrogens is 1. The lowest BCUT2D eigenvalue weighted by molar-refractivity contribution is 0.309. The highest BCUT2D eigenvalue weighted by molar-refractivity contribution is 5.79. The first kappa shape index (κ1) is 16.0. The van der Waals surface area contributed by atoms with E-state index in [1.165, 1.54) is 0 Å². The lowest BCUT2D eigenvalue weighted by Gasteiger charge is -2.05. The molecule has 0 aliphatic rings. The van der Waals surface area contributed by atoms with E-state index in [0.29, 0.717) is 16.7 Å². The summed E-state index contributed by atoms with van der Waals surface area (Å²) in [5.74, 6) is 1.42. The minimum atomic E-state index is -0.125. The molecule has 4 nitrogen and oxygen atoms in total. The van der Waals surface area contributed by atoms with Gasteiger partial charge in [0.05, 0.1) is 17.5 Å². The van der Waals surface area contributed by atoms with Gasteiger partial charge in [0.1, 0.15) is 11.6 Å². The number of rotatable bonds is 6. The molecule has 0 fully saturated rings. The molecular formula is C20H20N2O2. The number of ether oxygens (including phenoxy) is 1. The van der Waals surface area contributed by atoms with Crippen molar-refractivity contribution in [1.82, 2.24) is 9.97 Å². The third-order valence-corrected chi connectivity index (χ3v) is 3.71. The molecule has 1 aromatic heterocycles. The first-order valence-electron chi connectivity index (χ1n) is 8.16. The minimum Gasteiger partial charge on any atom is -0.494 e. The Morgan fingerprint density at radius 1 is 1.08 bits per heavy atom. The molecule has 0 saturated heterocycles. The Morgan fingerprint density at radius 2 is 1.88 bits per heavy atom. The zero-order chi connectivity index (χ0) is 16.8. The molecule has 2 aromatic carbocycles. The van der Waals surface area contributed by atoms with Crippen LogP contribution in [0.4, 0.5) is 0 Å². The molecule has 24 heavy (non-hydrogen) atoms. The van der Waals surface area contributed by atoms with Gasteiger partial charge in [-0.2, -0.15) is 0 Å². The number of aromatic nitrogens is 2. The highest BCUT2D eigenvalue weighted by atomic mass is 16.5. The molecule has 0 atom stereocenters. The standard InChI is InChI=1S/C20H20N2O2/c1-2-3-14-24-16-11-8-15(9-12-16)10-13-19-21-18-7-5-4-6-17(18)20(23)22-19/h4-13H,2-3,14H2,1H3,(H,21,22,23). The molecule has 3 rings (SSSR count). The van der Waals surface area contributed by atoms with Crippen LogP contribution in [0, 0.1) is 0 Å². The summed E-state index contributed by atoms with van der Waals surface area (Å²) in [6.07, 6.45) is 5.91. The van der Waals surface area contributed by atoms with Crippen LogP contribution in [-0.2, 0) is 0 Å². The van der Waals surface area contributed by atoms with E-state index >= 15 is 0 Å². The fraction of sp³-hybridized carbons (Fsp3) is 0.200. The highest BCUT2D eigenvalue weighted by Crippen LogP contribution is 2.14. The number of benzene rings is 2. The van der Waals surface area contributed by atoms with Gasteiger partial charge in [0.25, 0.3) is 5.56 Å². The van der Waals surface area contributed by atoms with Gasteiger partial charge >= 0.3 is 0 Å². The number of nitrogens with zero attached hydrogens (tertiary/aromatic N) is 1. The number of nitrogens with one attached hydrogen (secondary N) is 1. The largest absolute Gasteiger partial charge is 0.494 e. The number of hydrogen-bond donors (Lipinski definition) is 1. The van der Waals surface area contributed by atoms with Crippen LogP contribution in [0.3, 0.4) is 0 Å². The smallest absolute Gasteiger partial charge is 0.259 e. The number of aromatic amines is 1. The van der Waals surface area contributed by atoms with Crippen LogP contribution in [0.5, 0.6) is 5.75 Å². The van der Waals surface area contributed by atoms with Crippen LogP contribution in [0.2, 0.25) is 0 Å². The predicted molar refractivity (Wildman–Crippen MR) is 98.1 cm³/mol. The Kier molecular flexibility index (Phi) is 5.06. The van der Waals surface area contributed by atoms with Crippen molar-refractivity contribution >= 4 is 23.1 Å². The second-order valence-electron chi connectivity index (χ2n) is 5.57. The maximum Gasteiger partial charge on any atom is 0.259 e. The monoisotopic (exact) mass is 320 g/mol. The van der Waals surface area contributed by atoms with Crippen molar-refractivity contribution in [3.8, 4) is 5.75 Å². The third kappa shape index (κ3) is 3.90. The van der Waals surface area contributed by atoms with Crippen LogP contribution in [-0.4, -0.2) is 16.6 Å². The maximum absolute atomic E-state index is 12.0. The predicted octanol–water partition coefficient (Wildman–Crippen LogP) is 4.27. The van der Waals surface area contributed by atoms with Crippen LogP contribution in [0.1, 0.15) is 31.2 Å². The van der Waals surface area contributed by atoms with Crippen molar-refractivity contribution < 1.29 is 4.74 Å². The zero-order valence-corrected chi connectivity index (χ0v) is 13.7. The summed E-state index contributed by atoms with van der Waals surface area (Å²) in [7, 11) is 0. The Balaban J connectivity index is 1.75. The lowest BCUT2D eigenvalue weighted by Crippen LogP contribution is -2.09. The third-order valence-electron chi connectivity index (χ3n) is 3.71. The number of hydrogen-bond acceptors (Lipinski definition) is 3. The summed E-state index contributed by atoms with van der Waals surface area (Å²) >= 11 is 0. The molecule has 0 aliphatic heterocycles. The topological polar surface area (TPSA) is 55.0 Å². The molecule has 0 saturated carbocycles. The van der Waals surface area contributed by atoms with E-state index in [1.54, 1.807) is 12.1 Å². The van der Waals surface area contributed by atoms with Crippen molar-refractivity contribution in [3.63, 3.8) is 0 Å². The Hall–Kier alpha value is -2.88. The summed E-state index contributed by atoms with van der Waals surface area (Å²) in [5, 5.41) is 0.600. The minimum absolute atomic E-state index is 0.125. The first-order valence-corrected chi connectivity index (χ1v) is 8.16. The molecule has 122 valence electrons. The van der Waals surface area contributed by atoms with Gasteiger partial charge < -0.3 is 9.72 Å². The average Bonchev–Trinajstić information content (AvgIpc) is 2.61. The average molecular weight is 320 g/mol. The summed E-state index contributed by atoms with van der Waals surface area (Å²) in [6.45, 7) is 2.89. The van der Waals surface area contributed by atoms with Crippen LogP contribution >= 0.6 is 0 Å². The maximum atomic E-state index is 12.0. The fourth-order valence-electron chi connectivity index (χ4n) is 2.37. The second kappa shape index (κ2) is 7.59. The van der Waals surface area contributed by atoms with Crippen LogP contribution in [0.25, 0.3) is 23.1 Å². The molecule has 0 amide bonds. The van der Waals surface area contributed by atoms with E-state index in [4.69, 9.17) is 4.74 Å². The van der Waals surface area contributed by atoms with Crippen molar-refractivity contribution in [3.05, 3.63) is 70.3 Å². The van der Waals surface area contributed by atoms with Crippen LogP contribution in [0.15, 0.2) is 53.3 Å². The van der Waals surface area contributed by atoms with E-state index in [0.717, 1.165) is 30.8 Å². The first-order chi connectivity index (χ1) is 11.8. The van der Waals surface area contributed by atoms with Gasteiger partial charge in [-0.25, -0.2) is 4.98 Å². The summed E-state index contributed by atoms with van der Waals surface area (Å²) < 4.78 is 5.64. The van der Waals surface area contributed by atoms with Gasteiger partial charge in [-0.15, -0.1) is 0 Å². The van der Waals surface area contributed by atoms with E-state index in [1.807, 2.05) is 48.5 Å². The van der Waals surface area contributed by atoms with Gasteiger partial charge in [0.15, 0.2) is 0 Å². The fourth-order valence-corrected chi connectivity index (χ4v) is 2.37. The van der Waals surface area contributed by atoms with Crippen molar-refractivity contribution in [2.75, 3.05) is 6.61 Å². The Morgan fingerprint density at radius 3 is 2.67 bits per heavy atom. The number of fused-ring (bicyclic) bond motifs is 1. The second-order valence-corrected chi connectivity index (χ2v) is 5.57. The molecule has 1 heterocycles. The Labute approximate surface area is 140 Å². The van der Waals surface area contributed by atoms with Crippen molar-refractivity contribution in [1.29, 1.82) is 0 Å². The molecule has 0 spiro atoms. The summed E-state index contributed by atoms with van der Waals surface area (Å²) in [4.78, 5) is 19.3. The molecule has 0 unspecified atom stereocenters. The quantitative estimate of drug-likeness (QED) is 0.690. The van der Waals surface area contributed by atoms with Gasteiger partial charge in [0.2, 0.25) is 0 Å². The van der Waals surface area contributed by atoms with Gasteiger partial charge in [0, 0.05) is 0 Å². The lowest BCUT2D eigenvalue weighted by atomic mass is 10.2. The van der Waals surface area contributed by atoms with E-state index < -0.39 is 0 Å². The molecule has 0 bridgehead atoms. The molecular weight excluding hydrogens is 300 g/mol. The van der Waals surface area contributed by atoms with Crippen molar-refractivity contribution in [2.45, 2.75) is 19.8 Å². The number of para-hydroxylation sites is 1. The van der Waals surface area contributed by atoms with Gasteiger partial charge in [-0.05, 0) is 42.3 Å².